The third kappa shape index (κ3) is 13.4. The van der Waals surface area contributed by atoms with E-state index >= 15 is 0 Å². The van der Waals surface area contributed by atoms with Gasteiger partial charge < -0.3 is 52.3 Å². The van der Waals surface area contributed by atoms with E-state index < -0.39 is 47.9 Å². The van der Waals surface area contributed by atoms with Crippen molar-refractivity contribution in [3.05, 3.63) is 52.6 Å². The molecule has 1 heterocycles. The number of carbonyl (C=O) groups is 4. The second-order valence-electron chi connectivity index (χ2n) is 12.1. The summed E-state index contributed by atoms with van der Waals surface area (Å²) in [5.41, 5.74) is 12.5. The normalized spacial score (nSPS) is 13.6. The molecule has 2 rings (SSSR count). The summed E-state index contributed by atoms with van der Waals surface area (Å²) in [6, 6.07) is 4.82. The number of guanidine groups is 1. The Morgan fingerprint density at radius 3 is 2.02 bits per heavy atom. The Balaban J connectivity index is 2.34. The maximum absolute atomic E-state index is 14.0. The van der Waals surface area contributed by atoms with Gasteiger partial charge in [-0.05, 0) is 56.4 Å². The van der Waals surface area contributed by atoms with E-state index in [1.165, 1.54) is 0 Å². The average Bonchev–Trinajstić information content (AvgIpc) is 3.27. The number of unbranched alkanes of at least 4 members (excludes halogenated alkanes) is 1. The fourth-order valence-corrected chi connectivity index (χ4v) is 5.35. The Hall–Kier alpha value is -4.28. The number of rotatable bonds is 21. The maximum atomic E-state index is 14.0. The van der Waals surface area contributed by atoms with Gasteiger partial charge in [0.15, 0.2) is 10.7 Å². The van der Waals surface area contributed by atoms with Crippen molar-refractivity contribution in [1.29, 1.82) is 5.41 Å². The molecule has 0 bridgehead atoms. The van der Waals surface area contributed by atoms with Crippen molar-refractivity contribution in [3.8, 4) is 0 Å². The van der Waals surface area contributed by atoms with E-state index in [1.807, 2.05) is 19.9 Å². The van der Waals surface area contributed by atoms with E-state index in [1.54, 1.807) is 53.7 Å². The van der Waals surface area contributed by atoms with E-state index in [-0.39, 0.29) is 31.3 Å². The summed E-state index contributed by atoms with van der Waals surface area (Å²) in [5, 5.41) is 31.4. The molecular weight excluding hydrogens is 636 g/mol. The zero-order valence-electron chi connectivity index (χ0n) is 28.3. The smallest absolute Gasteiger partial charge is 0.326 e. The van der Waals surface area contributed by atoms with Crippen molar-refractivity contribution in [1.82, 2.24) is 35.7 Å². The van der Waals surface area contributed by atoms with Gasteiger partial charge in [-0.2, -0.15) is 0 Å². The summed E-state index contributed by atoms with van der Waals surface area (Å²) in [7, 11) is 3.55. The van der Waals surface area contributed by atoms with E-state index in [4.69, 9.17) is 29.1 Å². The number of carboxylic acids is 1. The van der Waals surface area contributed by atoms with E-state index in [0.29, 0.717) is 49.2 Å². The van der Waals surface area contributed by atoms with Gasteiger partial charge in [0.05, 0.1) is 6.04 Å². The van der Waals surface area contributed by atoms with Crippen molar-refractivity contribution >= 4 is 41.9 Å². The number of hydrogen-bond donors (Lipinski definition) is 9. The molecule has 4 atom stereocenters. The monoisotopic (exact) mass is 688 g/mol. The van der Waals surface area contributed by atoms with Crippen LogP contribution in [0, 0.1) is 10.2 Å². The molecule has 16 heteroatoms. The number of nitrogens with zero attached hydrogens (tertiary/aromatic N) is 2. The SMILES string of the molecule is CC(C)NC(CCCNC(=N)N)C(=O)N[C@@H](Cc1cn(C)c(=S)n1C)C(=O)N[C@@H](CCCCN)C(=O)N[C@@H](Cc1ccccc1)C(=O)O. The van der Waals surface area contributed by atoms with Gasteiger partial charge in [-0.1, -0.05) is 44.2 Å². The molecular formula is C32H52N10O5S. The summed E-state index contributed by atoms with van der Waals surface area (Å²) < 4.78 is 3.99. The number of carboxylic acid groups (broad SMARTS) is 1. The molecule has 0 aliphatic rings. The highest BCUT2D eigenvalue weighted by Crippen LogP contribution is 2.11. The van der Waals surface area contributed by atoms with Gasteiger partial charge in [0, 0.05) is 51.4 Å². The molecule has 11 N–H and O–H groups in total. The molecule has 0 saturated carbocycles. The Morgan fingerprint density at radius 2 is 1.46 bits per heavy atom. The van der Waals surface area contributed by atoms with E-state index in [9.17, 15) is 24.3 Å². The summed E-state index contributed by atoms with van der Waals surface area (Å²) in [4.78, 5) is 53.3. The highest BCUT2D eigenvalue weighted by Gasteiger charge is 2.31. The molecule has 0 aliphatic carbocycles. The summed E-state index contributed by atoms with van der Waals surface area (Å²) in [6.07, 6.45) is 4.14. The Morgan fingerprint density at radius 1 is 0.875 bits per heavy atom. The van der Waals surface area contributed by atoms with Crippen LogP contribution in [-0.2, 0) is 46.1 Å². The second kappa shape index (κ2) is 20.2. The molecule has 0 saturated heterocycles. The minimum atomic E-state index is -1.22. The highest BCUT2D eigenvalue weighted by atomic mass is 32.1. The van der Waals surface area contributed by atoms with Crippen LogP contribution in [0.3, 0.4) is 0 Å². The first-order valence-corrected chi connectivity index (χ1v) is 16.6. The third-order valence-corrected chi connectivity index (χ3v) is 8.28. The van der Waals surface area contributed by atoms with Crippen LogP contribution in [0.1, 0.15) is 57.2 Å². The first-order valence-electron chi connectivity index (χ1n) is 16.2. The molecule has 0 fully saturated rings. The lowest BCUT2D eigenvalue weighted by Gasteiger charge is -2.27. The van der Waals surface area contributed by atoms with Crippen molar-refractivity contribution in [2.45, 2.75) is 89.0 Å². The van der Waals surface area contributed by atoms with Crippen LogP contribution in [0.4, 0.5) is 0 Å². The number of nitrogens with two attached hydrogens (primary N) is 2. The lowest BCUT2D eigenvalue weighted by Crippen LogP contribution is -2.58. The van der Waals surface area contributed by atoms with Crippen LogP contribution in [0.15, 0.2) is 36.5 Å². The molecule has 3 amide bonds. The minimum Gasteiger partial charge on any atom is -0.480 e. The number of amides is 3. The maximum Gasteiger partial charge on any atom is 0.326 e. The molecule has 15 nitrogen and oxygen atoms in total. The van der Waals surface area contributed by atoms with Gasteiger partial charge in [-0.15, -0.1) is 0 Å². The summed E-state index contributed by atoms with van der Waals surface area (Å²) >= 11 is 5.45. The molecule has 266 valence electrons. The molecule has 0 spiro atoms. The van der Waals surface area contributed by atoms with E-state index in [2.05, 4.69) is 26.6 Å². The van der Waals surface area contributed by atoms with Gasteiger partial charge in [-0.25, -0.2) is 4.79 Å². The molecule has 2 aromatic rings. The Kier molecular flexibility index (Phi) is 16.8. The largest absolute Gasteiger partial charge is 0.480 e. The third-order valence-electron chi connectivity index (χ3n) is 7.72. The number of hydrogen-bond acceptors (Lipinski definition) is 8. The second-order valence-corrected chi connectivity index (χ2v) is 12.5. The van der Waals surface area contributed by atoms with Crippen LogP contribution in [0.5, 0.6) is 0 Å². The lowest BCUT2D eigenvalue weighted by atomic mass is 10.0. The Labute approximate surface area is 287 Å². The number of benzene rings is 1. The molecule has 1 aromatic heterocycles. The van der Waals surface area contributed by atoms with Crippen LogP contribution in [-0.4, -0.2) is 87.2 Å². The van der Waals surface area contributed by atoms with Gasteiger partial charge >= 0.3 is 5.97 Å². The number of imidazole rings is 1. The number of nitrogens with one attached hydrogen (secondary N) is 6. The van der Waals surface area contributed by atoms with Crippen molar-refractivity contribution < 1.29 is 24.3 Å². The van der Waals surface area contributed by atoms with Crippen LogP contribution < -0.4 is 38.1 Å². The number of aryl methyl sites for hydroxylation is 1. The van der Waals surface area contributed by atoms with Gasteiger partial charge in [0.1, 0.15) is 18.1 Å². The predicted molar refractivity (Wildman–Crippen MR) is 187 cm³/mol. The first kappa shape index (κ1) is 39.9. The van der Waals surface area contributed by atoms with Crippen LogP contribution >= 0.6 is 12.2 Å². The quantitative estimate of drug-likeness (QED) is 0.0373. The number of aromatic nitrogens is 2. The molecule has 0 aliphatic heterocycles. The minimum absolute atomic E-state index is 0.0443. The van der Waals surface area contributed by atoms with Crippen molar-refractivity contribution in [2.24, 2.45) is 25.6 Å². The molecule has 1 unspecified atom stereocenters. The fraction of sp³-hybridized carbons (Fsp3) is 0.562. The van der Waals surface area contributed by atoms with Gasteiger partial charge in [0.2, 0.25) is 17.7 Å². The first-order chi connectivity index (χ1) is 22.7. The van der Waals surface area contributed by atoms with Crippen molar-refractivity contribution in [3.63, 3.8) is 0 Å². The Bertz CT molecular complexity index is 1430. The average molecular weight is 689 g/mol. The fourth-order valence-electron chi connectivity index (χ4n) is 5.18. The molecule has 1 aromatic carbocycles. The van der Waals surface area contributed by atoms with Crippen LogP contribution in [0.25, 0.3) is 0 Å². The predicted octanol–water partition coefficient (Wildman–Crippen LogP) is 0.176. The molecule has 48 heavy (non-hydrogen) atoms. The lowest BCUT2D eigenvalue weighted by molar-refractivity contribution is -0.142. The summed E-state index contributed by atoms with van der Waals surface area (Å²) in [5.74, 6) is -3.04. The number of carbonyl (C=O) groups excluding carboxylic acids is 3. The summed E-state index contributed by atoms with van der Waals surface area (Å²) in [6.45, 7) is 4.58. The number of aliphatic carboxylic acids is 1. The zero-order chi connectivity index (χ0) is 35.8. The van der Waals surface area contributed by atoms with E-state index in [0.717, 1.165) is 5.56 Å². The van der Waals surface area contributed by atoms with Gasteiger partial charge in [-0.3, -0.25) is 19.8 Å². The van der Waals surface area contributed by atoms with Crippen molar-refractivity contribution in [2.75, 3.05) is 13.1 Å². The zero-order valence-corrected chi connectivity index (χ0v) is 29.1. The van der Waals surface area contributed by atoms with Crippen LogP contribution in [0.2, 0.25) is 0 Å². The highest BCUT2D eigenvalue weighted by molar-refractivity contribution is 7.71. The standard InChI is InChI=1S/C32H52N10O5S/c1-20(2)37-23(14-10-16-36-31(34)35)27(43)39-25(18-22-19-41(3)32(48)42(22)4)29(45)38-24(13-8-9-15-33)28(44)40-26(30(46)47)17-21-11-6-5-7-12-21/h5-7,11-12,19-20,23-26,37H,8-10,13-18,33H2,1-4H3,(H,38,45)(H,39,43)(H,40,44)(H,46,47)(H4,34,35,36)/t23?,24-,25-,26-/m0/s1. The van der Waals surface area contributed by atoms with Gasteiger partial charge in [0.25, 0.3) is 0 Å². The topological polar surface area (TPSA) is 234 Å². The molecule has 0 radical (unpaired) electrons.